The van der Waals surface area contributed by atoms with Crippen LogP contribution in [0.2, 0.25) is 0 Å². The highest BCUT2D eigenvalue weighted by atomic mass is 19.1. The Hall–Kier alpha value is -3.16. The number of nitrogens with one attached hydrogen (secondary N) is 2. The van der Waals surface area contributed by atoms with Gasteiger partial charge in [-0.25, -0.2) is 13.6 Å². The molecule has 0 saturated carbocycles. The highest BCUT2D eigenvalue weighted by molar-refractivity contribution is 5.97. The summed E-state index contributed by atoms with van der Waals surface area (Å²) in [5.74, 6) is -2.35. The molecule has 2 amide bonds. The second-order valence-corrected chi connectivity index (χ2v) is 6.78. The lowest BCUT2D eigenvalue weighted by Crippen LogP contribution is -2.27. The fourth-order valence-corrected chi connectivity index (χ4v) is 2.17. The van der Waals surface area contributed by atoms with Crippen molar-refractivity contribution >= 4 is 17.7 Å². The molecule has 27 heavy (non-hydrogen) atoms. The van der Waals surface area contributed by atoms with Gasteiger partial charge in [-0.05, 0) is 51.1 Å². The molecule has 144 valence electrons. The number of benzene rings is 2. The summed E-state index contributed by atoms with van der Waals surface area (Å²) in [6.45, 7) is 4.87. The van der Waals surface area contributed by atoms with Gasteiger partial charge in [0.15, 0.2) is 0 Å². The predicted octanol–water partition coefficient (Wildman–Crippen LogP) is 3.95. The fourth-order valence-electron chi connectivity index (χ4n) is 2.17. The van der Waals surface area contributed by atoms with E-state index in [0.717, 1.165) is 18.2 Å². The molecular weight excluding hydrogens is 358 g/mol. The monoisotopic (exact) mass is 378 g/mol. The van der Waals surface area contributed by atoms with Crippen LogP contribution in [0.4, 0.5) is 19.3 Å². The first-order valence-electron chi connectivity index (χ1n) is 8.10. The SMILES string of the molecule is CC(C)(C)OC(=O)Nc1ccc(C(=O)NCc2cc(F)ccc2F)c(O)c1. The lowest BCUT2D eigenvalue weighted by atomic mass is 10.1. The topological polar surface area (TPSA) is 87.7 Å². The number of hydrogen-bond acceptors (Lipinski definition) is 4. The molecule has 8 heteroatoms. The molecule has 0 aliphatic carbocycles. The quantitative estimate of drug-likeness (QED) is 0.752. The molecule has 0 spiro atoms. The molecule has 0 unspecified atom stereocenters. The van der Waals surface area contributed by atoms with Crippen LogP contribution in [0.25, 0.3) is 0 Å². The van der Waals surface area contributed by atoms with Crippen molar-refractivity contribution in [1.29, 1.82) is 0 Å². The molecule has 0 aromatic heterocycles. The van der Waals surface area contributed by atoms with E-state index in [1.54, 1.807) is 20.8 Å². The van der Waals surface area contributed by atoms with Gasteiger partial charge in [0.05, 0.1) is 5.56 Å². The summed E-state index contributed by atoms with van der Waals surface area (Å²) in [6.07, 6.45) is -0.708. The van der Waals surface area contributed by atoms with Crippen LogP contribution in [-0.4, -0.2) is 22.7 Å². The Kier molecular flexibility index (Phi) is 5.99. The van der Waals surface area contributed by atoms with Gasteiger partial charge in [0.25, 0.3) is 5.91 Å². The molecule has 2 rings (SSSR count). The number of halogens is 2. The average Bonchev–Trinajstić information content (AvgIpc) is 2.53. The number of carbonyl (C=O) groups is 2. The molecule has 0 atom stereocenters. The number of amides is 2. The second kappa shape index (κ2) is 8.03. The van der Waals surface area contributed by atoms with Gasteiger partial charge in [-0.1, -0.05) is 0 Å². The summed E-state index contributed by atoms with van der Waals surface area (Å²) < 4.78 is 31.8. The van der Waals surface area contributed by atoms with Crippen LogP contribution in [0.15, 0.2) is 36.4 Å². The van der Waals surface area contributed by atoms with E-state index in [0.29, 0.717) is 0 Å². The number of hydrogen-bond donors (Lipinski definition) is 3. The maximum Gasteiger partial charge on any atom is 0.412 e. The summed E-state index contributed by atoms with van der Waals surface area (Å²) in [6, 6.07) is 6.79. The summed E-state index contributed by atoms with van der Waals surface area (Å²) in [5.41, 5.74) is -0.555. The third kappa shape index (κ3) is 5.95. The molecule has 6 nitrogen and oxygen atoms in total. The first-order valence-corrected chi connectivity index (χ1v) is 8.10. The molecule has 2 aromatic carbocycles. The van der Waals surface area contributed by atoms with Crippen molar-refractivity contribution in [2.45, 2.75) is 32.9 Å². The zero-order valence-electron chi connectivity index (χ0n) is 15.1. The first-order chi connectivity index (χ1) is 12.5. The van der Waals surface area contributed by atoms with E-state index in [1.807, 2.05) is 0 Å². The Bertz CT molecular complexity index is 863. The lowest BCUT2D eigenvalue weighted by molar-refractivity contribution is 0.0635. The molecular formula is C19H20F2N2O4. The normalized spacial score (nSPS) is 11.0. The second-order valence-electron chi connectivity index (χ2n) is 6.78. The summed E-state index contributed by atoms with van der Waals surface area (Å²) >= 11 is 0. The number of anilines is 1. The van der Waals surface area contributed by atoms with Crippen LogP contribution in [0.5, 0.6) is 5.75 Å². The van der Waals surface area contributed by atoms with Crippen molar-refractivity contribution in [2.75, 3.05) is 5.32 Å². The number of phenols is 1. The zero-order valence-corrected chi connectivity index (χ0v) is 15.1. The highest BCUT2D eigenvalue weighted by Gasteiger charge is 2.17. The molecule has 0 saturated heterocycles. The van der Waals surface area contributed by atoms with E-state index >= 15 is 0 Å². The molecule has 0 aliphatic rings. The van der Waals surface area contributed by atoms with Crippen LogP contribution >= 0.6 is 0 Å². The van der Waals surface area contributed by atoms with Crippen molar-refractivity contribution in [2.24, 2.45) is 0 Å². The van der Waals surface area contributed by atoms with Gasteiger partial charge in [0, 0.05) is 23.9 Å². The Balaban J connectivity index is 2.03. The van der Waals surface area contributed by atoms with Gasteiger partial charge in [-0.2, -0.15) is 0 Å². The van der Waals surface area contributed by atoms with Gasteiger partial charge < -0.3 is 15.2 Å². The Labute approximate surface area is 155 Å². The van der Waals surface area contributed by atoms with Crippen LogP contribution < -0.4 is 10.6 Å². The minimum absolute atomic E-state index is 0.0222. The number of ether oxygens (including phenoxy) is 1. The summed E-state index contributed by atoms with van der Waals surface area (Å²) in [7, 11) is 0. The van der Waals surface area contributed by atoms with E-state index in [2.05, 4.69) is 10.6 Å². The van der Waals surface area contributed by atoms with Crippen molar-refractivity contribution in [3.8, 4) is 5.75 Å². The lowest BCUT2D eigenvalue weighted by Gasteiger charge is -2.19. The van der Waals surface area contributed by atoms with Gasteiger partial charge in [0.1, 0.15) is 23.0 Å². The van der Waals surface area contributed by atoms with Crippen molar-refractivity contribution in [3.05, 3.63) is 59.2 Å². The predicted molar refractivity (Wildman–Crippen MR) is 95.5 cm³/mol. The van der Waals surface area contributed by atoms with E-state index in [1.165, 1.54) is 18.2 Å². The van der Waals surface area contributed by atoms with Crippen LogP contribution in [0.1, 0.15) is 36.7 Å². The van der Waals surface area contributed by atoms with Crippen LogP contribution in [-0.2, 0) is 11.3 Å². The van der Waals surface area contributed by atoms with E-state index in [9.17, 15) is 23.5 Å². The van der Waals surface area contributed by atoms with Crippen LogP contribution in [0, 0.1) is 11.6 Å². The third-order valence-electron chi connectivity index (χ3n) is 3.33. The molecule has 0 aliphatic heterocycles. The molecule has 2 aromatic rings. The first kappa shape index (κ1) is 20.2. The summed E-state index contributed by atoms with van der Waals surface area (Å²) in [5, 5.41) is 14.8. The van der Waals surface area contributed by atoms with Gasteiger partial charge in [0.2, 0.25) is 0 Å². The third-order valence-corrected chi connectivity index (χ3v) is 3.33. The number of rotatable bonds is 4. The number of carbonyl (C=O) groups excluding carboxylic acids is 2. The van der Waals surface area contributed by atoms with E-state index in [-0.39, 0.29) is 29.1 Å². The molecule has 0 fully saturated rings. The molecule has 0 radical (unpaired) electrons. The minimum Gasteiger partial charge on any atom is -0.507 e. The van der Waals surface area contributed by atoms with Gasteiger partial charge in [-0.15, -0.1) is 0 Å². The van der Waals surface area contributed by atoms with Gasteiger partial charge >= 0.3 is 6.09 Å². The van der Waals surface area contributed by atoms with Crippen molar-refractivity contribution < 1.29 is 28.2 Å². The highest BCUT2D eigenvalue weighted by Crippen LogP contribution is 2.23. The minimum atomic E-state index is -0.708. The summed E-state index contributed by atoms with van der Waals surface area (Å²) in [4.78, 5) is 23.9. The Morgan fingerprint density at radius 3 is 2.44 bits per heavy atom. The Morgan fingerprint density at radius 1 is 1.11 bits per heavy atom. The maximum absolute atomic E-state index is 13.6. The molecule has 3 N–H and O–H groups in total. The standard InChI is InChI=1S/C19H20F2N2O4/c1-19(2,3)27-18(26)23-13-5-6-14(16(24)9-13)17(25)22-10-11-8-12(20)4-7-15(11)21/h4-9,24H,10H2,1-3H3,(H,22,25)(H,23,26). The number of aromatic hydroxyl groups is 1. The largest absolute Gasteiger partial charge is 0.507 e. The van der Waals surface area contributed by atoms with Crippen molar-refractivity contribution in [3.63, 3.8) is 0 Å². The average molecular weight is 378 g/mol. The van der Waals surface area contributed by atoms with Crippen molar-refractivity contribution in [1.82, 2.24) is 5.32 Å². The van der Waals surface area contributed by atoms with E-state index < -0.39 is 29.2 Å². The zero-order chi connectivity index (χ0) is 20.2. The molecule has 0 heterocycles. The number of phenolic OH excluding ortho intramolecular Hbond substituents is 1. The fraction of sp³-hybridized carbons (Fsp3) is 0.263. The maximum atomic E-state index is 13.6. The Morgan fingerprint density at radius 2 is 1.81 bits per heavy atom. The molecule has 0 bridgehead atoms. The smallest absolute Gasteiger partial charge is 0.412 e. The van der Waals surface area contributed by atoms with Crippen LogP contribution in [0.3, 0.4) is 0 Å². The van der Waals surface area contributed by atoms with E-state index in [4.69, 9.17) is 4.74 Å². The van der Waals surface area contributed by atoms with Gasteiger partial charge in [-0.3, -0.25) is 10.1 Å².